The molecule has 3 N–H and O–H groups in total. The summed E-state index contributed by atoms with van der Waals surface area (Å²) in [5.41, 5.74) is 0.959. The summed E-state index contributed by atoms with van der Waals surface area (Å²) in [6.07, 6.45) is 0.247. The number of rotatable bonds is 14. The second kappa shape index (κ2) is 12.8. The molecule has 1 aromatic carbocycles. The Morgan fingerprint density at radius 1 is 0.947 bits per heavy atom. The Hall–Kier alpha value is -3.61. The first-order valence-electron chi connectivity index (χ1n) is 12.1. The number of amides is 3. The van der Waals surface area contributed by atoms with Crippen molar-refractivity contribution in [3.8, 4) is 0 Å². The number of ether oxygens (including phenoxy) is 3. The molecule has 1 aromatic heterocycles. The molecule has 1 aliphatic heterocycles. The lowest BCUT2D eigenvalue weighted by Gasteiger charge is -2.25. The van der Waals surface area contributed by atoms with E-state index in [1.165, 1.54) is 20.3 Å². The van der Waals surface area contributed by atoms with Crippen LogP contribution in [0.2, 0.25) is 0 Å². The number of nitrogens with zero attached hydrogens (tertiary/aromatic N) is 1. The second-order valence-electron chi connectivity index (χ2n) is 9.46. The molecular formula is C26H34N4O8. The highest BCUT2D eigenvalue weighted by Crippen LogP contribution is 2.29. The molecule has 0 aliphatic carbocycles. The van der Waals surface area contributed by atoms with Crippen LogP contribution in [-0.4, -0.2) is 86.4 Å². The van der Waals surface area contributed by atoms with Crippen LogP contribution in [0.15, 0.2) is 34.9 Å². The van der Waals surface area contributed by atoms with Crippen LogP contribution in [0, 0.1) is 13.8 Å². The fourth-order valence-electron chi connectivity index (χ4n) is 3.74. The number of hydrogen-bond donors (Lipinski definition) is 3. The molecule has 1 saturated heterocycles. The summed E-state index contributed by atoms with van der Waals surface area (Å²) in [6, 6.07) is 5.87. The van der Waals surface area contributed by atoms with Gasteiger partial charge in [-0.25, -0.2) is 0 Å². The van der Waals surface area contributed by atoms with E-state index in [0.29, 0.717) is 5.76 Å². The van der Waals surface area contributed by atoms with Crippen LogP contribution >= 0.6 is 0 Å². The molecule has 3 rings (SSSR count). The Morgan fingerprint density at radius 3 is 2.00 bits per heavy atom. The van der Waals surface area contributed by atoms with Gasteiger partial charge >= 0.3 is 0 Å². The average Bonchev–Trinajstić information content (AvgIpc) is 3.49. The number of benzene rings is 1. The van der Waals surface area contributed by atoms with Gasteiger partial charge in [-0.2, -0.15) is 0 Å². The standard InChI is InChI=1S/C26H34N4O8/c1-15-6-8-17(9-7-15)11-18(22(31)26(3)14-37-26)27-24(33)20(12-35-4)29-25(34)21(13-36-5)28-23(32)19-10-16(2)38-30-19/h6-10,18,20-21H,11-14H2,1-5H3,(H,27,33)(H,28,32)(H,29,34)/t18-,20-,21-,26+/m0/s1. The largest absolute Gasteiger partial charge is 0.382 e. The molecule has 1 aliphatic rings. The van der Waals surface area contributed by atoms with Crippen LogP contribution in [0.1, 0.15) is 34.3 Å². The predicted octanol–water partition coefficient (Wildman–Crippen LogP) is 0.253. The van der Waals surface area contributed by atoms with E-state index in [2.05, 4.69) is 21.1 Å². The number of carbonyl (C=O) groups is 4. The summed E-state index contributed by atoms with van der Waals surface area (Å²) in [4.78, 5) is 51.9. The zero-order valence-corrected chi connectivity index (χ0v) is 22.2. The fraction of sp³-hybridized carbons (Fsp3) is 0.500. The molecule has 0 bridgehead atoms. The highest BCUT2D eigenvalue weighted by molar-refractivity contribution is 5.99. The van der Waals surface area contributed by atoms with Gasteiger partial charge in [0.2, 0.25) is 11.8 Å². The molecule has 4 atom stereocenters. The van der Waals surface area contributed by atoms with Crippen molar-refractivity contribution in [1.29, 1.82) is 0 Å². The van der Waals surface area contributed by atoms with E-state index in [1.807, 2.05) is 31.2 Å². The number of aryl methyl sites for hydroxylation is 2. The maximum atomic E-state index is 13.3. The molecule has 2 heterocycles. The number of epoxide rings is 1. The topological polar surface area (TPSA) is 161 Å². The average molecular weight is 531 g/mol. The zero-order chi connectivity index (χ0) is 27.9. The number of ketones is 1. The lowest BCUT2D eigenvalue weighted by atomic mass is 9.94. The van der Waals surface area contributed by atoms with E-state index in [-0.39, 0.29) is 37.7 Å². The van der Waals surface area contributed by atoms with Crippen molar-refractivity contribution < 1.29 is 37.9 Å². The minimum Gasteiger partial charge on any atom is -0.382 e. The van der Waals surface area contributed by atoms with Gasteiger partial charge in [0.15, 0.2) is 11.5 Å². The molecule has 2 aromatic rings. The number of hydrogen-bond acceptors (Lipinski definition) is 9. The Bertz CT molecular complexity index is 1140. The Labute approximate surface area is 220 Å². The quantitative estimate of drug-likeness (QED) is 0.291. The summed E-state index contributed by atoms with van der Waals surface area (Å²) < 4.78 is 20.4. The highest BCUT2D eigenvalue weighted by Gasteiger charge is 2.50. The smallest absolute Gasteiger partial charge is 0.274 e. The molecule has 0 spiro atoms. The molecule has 0 radical (unpaired) electrons. The predicted molar refractivity (Wildman–Crippen MR) is 134 cm³/mol. The van der Waals surface area contributed by atoms with Gasteiger partial charge < -0.3 is 34.7 Å². The first-order chi connectivity index (χ1) is 18.1. The minimum absolute atomic E-state index is 0.00385. The van der Waals surface area contributed by atoms with Crippen molar-refractivity contribution >= 4 is 23.5 Å². The summed E-state index contributed by atoms with van der Waals surface area (Å²) in [7, 11) is 2.75. The maximum Gasteiger partial charge on any atom is 0.274 e. The van der Waals surface area contributed by atoms with E-state index in [9.17, 15) is 19.2 Å². The van der Waals surface area contributed by atoms with Crippen molar-refractivity contribution in [3.05, 3.63) is 52.9 Å². The number of carbonyl (C=O) groups excluding carboxylic acids is 4. The van der Waals surface area contributed by atoms with Gasteiger partial charge in [0.25, 0.3) is 5.91 Å². The van der Waals surface area contributed by atoms with E-state index in [0.717, 1.165) is 11.1 Å². The van der Waals surface area contributed by atoms with Gasteiger partial charge in [0, 0.05) is 20.3 Å². The number of aromatic nitrogens is 1. The van der Waals surface area contributed by atoms with Crippen LogP contribution in [-0.2, 0) is 35.0 Å². The van der Waals surface area contributed by atoms with Crippen molar-refractivity contribution in [2.24, 2.45) is 0 Å². The number of nitrogens with one attached hydrogen (secondary N) is 3. The van der Waals surface area contributed by atoms with Gasteiger partial charge in [0.1, 0.15) is 23.4 Å². The SMILES string of the molecule is COC[C@H](NC(=O)c1cc(C)on1)C(=O)N[C@@H](COC)C(=O)N[C@@H](Cc1ccc(C)cc1)C(=O)[C@@]1(C)CO1. The van der Waals surface area contributed by atoms with Crippen LogP contribution in [0.25, 0.3) is 0 Å². The van der Waals surface area contributed by atoms with Crippen molar-refractivity contribution in [2.45, 2.75) is 50.9 Å². The van der Waals surface area contributed by atoms with Gasteiger partial charge in [-0.1, -0.05) is 35.0 Å². The van der Waals surface area contributed by atoms with E-state index in [1.54, 1.807) is 13.8 Å². The monoisotopic (exact) mass is 530 g/mol. The van der Waals surface area contributed by atoms with Crippen LogP contribution in [0.4, 0.5) is 0 Å². The number of Topliss-reactive ketones (excluding diaryl/α,β-unsaturated/α-hetero) is 1. The molecule has 206 valence electrons. The van der Waals surface area contributed by atoms with Gasteiger partial charge in [-0.15, -0.1) is 0 Å². The molecule has 12 heteroatoms. The minimum atomic E-state index is -1.15. The Balaban J connectivity index is 1.71. The van der Waals surface area contributed by atoms with Crippen molar-refractivity contribution in [2.75, 3.05) is 34.0 Å². The summed E-state index contributed by atoms with van der Waals surface area (Å²) >= 11 is 0. The third kappa shape index (κ3) is 7.70. The Kier molecular flexibility index (Phi) is 9.72. The van der Waals surface area contributed by atoms with Crippen LogP contribution in [0.3, 0.4) is 0 Å². The summed E-state index contributed by atoms with van der Waals surface area (Å²) in [5.74, 6) is -1.78. The van der Waals surface area contributed by atoms with Crippen LogP contribution in [0.5, 0.6) is 0 Å². The third-order valence-corrected chi connectivity index (χ3v) is 6.07. The summed E-state index contributed by atoms with van der Waals surface area (Å²) in [6.45, 7) is 5.19. The lowest BCUT2D eigenvalue weighted by molar-refractivity contribution is -0.134. The second-order valence-corrected chi connectivity index (χ2v) is 9.46. The summed E-state index contributed by atoms with van der Waals surface area (Å²) in [5, 5.41) is 11.5. The van der Waals surface area contributed by atoms with Gasteiger partial charge in [0.05, 0.1) is 25.9 Å². The maximum absolute atomic E-state index is 13.3. The lowest BCUT2D eigenvalue weighted by Crippen LogP contribution is -2.59. The van der Waals surface area contributed by atoms with Crippen LogP contribution < -0.4 is 16.0 Å². The van der Waals surface area contributed by atoms with Crippen molar-refractivity contribution in [3.63, 3.8) is 0 Å². The molecule has 3 amide bonds. The normalized spacial score (nSPS) is 18.7. The van der Waals surface area contributed by atoms with Gasteiger partial charge in [-0.05, 0) is 32.8 Å². The first kappa shape index (κ1) is 29.0. The number of methoxy groups -OCH3 is 2. The third-order valence-electron chi connectivity index (χ3n) is 6.07. The molecule has 1 fully saturated rings. The van der Waals surface area contributed by atoms with E-state index < -0.39 is 41.4 Å². The molecular weight excluding hydrogens is 496 g/mol. The Morgan fingerprint density at radius 2 is 1.50 bits per heavy atom. The molecule has 12 nitrogen and oxygen atoms in total. The fourth-order valence-corrected chi connectivity index (χ4v) is 3.74. The highest BCUT2D eigenvalue weighted by atomic mass is 16.6. The van der Waals surface area contributed by atoms with Crippen molar-refractivity contribution in [1.82, 2.24) is 21.1 Å². The van der Waals surface area contributed by atoms with Gasteiger partial charge in [-0.3, -0.25) is 19.2 Å². The van der Waals surface area contributed by atoms with E-state index in [4.69, 9.17) is 18.7 Å². The first-order valence-corrected chi connectivity index (χ1v) is 12.1. The molecule has 0 saturated carbocycles. The zero-order valence-electron chi connectivity index (χ0n) is 22.2. The molecule has 38 heavy (non-hydrogen) atoms. The van der Waals surface area contributed by atoms with E-state index >= 15 is 0 Å². The molecule has 0 unspecified atom stereocenters.